The van der Waals surface area contributed by atoms with Crippen LogP contribution in [-0.4, -0.2) is 34.3 Å². The first-order chi connectivity index (χ1) is 11.1. The highest BCUT2D eigenvalue weighted by atomic mass is 16.3. The molecule has 23 heavy (non-hydrogen) atoms. The Morgan fingerprint density at radius 3 is 2.87 bits per heavy atom. The van der Waals surface area contributed by atoms with Crippen molar-refractivity contribution in [1.29, 1.82) is 0 Å². The second kappa shape index (κ2) is 5.20. The van der Waals surface area contributed by atoms with Crippen LogP contribution >= 0.6 is 0 Å². The molecule has 1 aromatic rings. The molecule has 0 saturated heterocycles. The molecule has 3 aliphatic rings. The molecule has 2 heterocycles. The molecule has 0 fully saturated rings. The molecule has 0 spiro atoms. The Balaban J connectivity index is 1.81. The van der Waals surface area contributed by atoms with Gasteiger partial charge in [0.2, 0.25) is 5.78 Å². The SMILES string of the molecule is CCCC1=NC2=C(C1=O)[C@H]1c3cc(O)c(O)cc3CC[C@@H]1NC2. The summed E-state index contributed by atoms with van der Waals surface area (Å²) >= 11 is 0. The number of ketones is 1. The van der Waals surface area contributed by atoms with Gasteiger partial charge in [0.1, 0.15) is 0 Å². The molecule has 0 saturated carbocycles. The molecular formula is C18H20N2O3. The number of phenolic OH excluding ortho intramolecular Hbond substituents is 2. The number of hydrogen-bond acceptors (Lipinski definition) is 5. The number of phenols is 2. The maximum absolute atomic E-state index is 12.8. The number of fused-ring (bicyclic) bond motifs is 4. The Kier molecular flexibility index (Phi) is 3.27. The molecule has 0 aromatic heterocycles. The van der Waals surface area contributed by atoms with Crippen LogP contribution in [0.2, 0.25) is 0 Å². The lowest BCUT2D eigenvalue weighted by atomic mass is 9.72. The quantitative estimate of drug-likeness (QED) is 0.731. The molecular weight excluding hydrogens is 292 g/mol. The van der Waals surface area contributed by atoms with Gasteiger partial charge in [-0.25, -0.2) is 0 Å². The summed E-state index contributed by atoms with van der Waals surface area (Å²) < 4.78 is 0. The van der Waals surface area contributed by atoms with Gasteiger partial charge in [0.25, 0.3) is 0 Å². The monoisotopic (exact) mass is 312 g/mol. The number of benzene rings is 1. The molecule has 3 N–H and O–H groups in total. The van der Waals surface area contributed by atoms with Crippen molar-refractivity contribution in [3.8, 4) is 11.5 Å². The van der Waals surface area contributed by atoms with Crippen LogP contribution in [0.1, 0.15) is 43.2 Å². The third-order valence-electron chi connectivity index (χ3n) is 5.12. The zero-order valence-corrected chi connectivity index (χ0v) is 13.1. The lowest BCUT2D eigenvalue weighted by Crippen LogP contribution is -2.44. The van der Waals surface area contributed by atoms with Gasteiger partial charge >= 0.3 is 0 Å². The number of Topliss-reactive ketones (excluding diaryl/α,β-unsaturated/α-hetero) is 1. The van der Waals surface area contributed by atoms with E-state index in [2.05, 4.69) is 10.3 Å². The van der Waals surface area contributed by atoms with E-state index in [9.17, 15) is 15.0 Å². The summed E-state index contributed by atoms with van der Waals surface area (Å²) in [7, 11) is 0. The Bertz CT molecular complexity index is 764. The first-order valence-electron chi connectivity index (χ1n) is 8.23. The van der Waals surface area contributed by atoms with Gasteiger partial charge < -0.3 is 15.5 Å². The van der Waals surface area contributed by atoms with Gasteiger partial charge in [0.15, 0.2) is 11.5 Å². The molecule has 1 aliphatic carbocycles. The first kappa shape index (κ1) is 14.5. The number of carbonyl (C=O) groups is 1. The standard InChI is InChI=1S/C18H20N2O3/c1-2-3-12-18(23)17-13(20-12)8-19-11-5-4-9-6-14(21)15(22)7-10(9)16(11)17/h6-7,11,16,19,21-22H,2-5,8H2,1H3/t11-,16-/m0/s1. The highest BCUT2D eigenvalue weighted by Gasteiger charge is 2.43. The second-order valence-corrected chi connectivity index (χ2v) is 6.54. The summed E-state index contributed by atoms with van der Waals surface area (Å²) in [6.07, 6.45) is 3.35. The lowest BCUT2D eigenvalue weighted by molar-refractivity contribution is -0.110. The van der Waals surface area contributed by atoms with Gasteiger partial charge in [-0.1, -0.05) is 13.3 Å². The minimum Gasteiger partial charge on any atom is -0.504 e. The van der Waals surface area contributed by atoms with Gasteiger partial charge in [0.05, 0.1) is 11.4 Å². The summed E-state index contributed by atoms with van der Waals surface area (Å²) in [5, 5.41) is 23.2. The van der Waals surface area contributed by atoms with E-state index in [4.69, 9.17) is 0 Å². The third kappa shape index (κ3) is 2.10. The Hall–Kier alpha value is -2.14. The molecule has 120 valence electrons. The van der Waals surface area contributed by atoms with Gasteiger partial charge in [0, 0.05) is 24.1 Å². The summed E-state index contributed by atoms with van der Waals surface area (Å²) in [5.74, 6) is -0.239. The smallest absolute Gasteiger partial charge is 0.205 e. The van der Waals surface area contributed by atoms with Gasteiger partial charge in [-0.3, -0.25) is 9.79 Å². The van der Waals surface area contributed by atoms with Crippen LogP contribution in [0.5, 0.6) is 11.5 Å². The minimum absolute atomic E-state index is 0.0683. The van der Waals surface area contributed by atoms with Crippen molar-refractivity contribution >= 4 is 11.5 Å². The Labute approximate surface area is 134 Å². The summed E-state index contributed by atoms with van der Waals surface area (Å²) in [5.41, 5.74) is 4.25. The maximum atomic E-state index is 12.8. The van der Waals surface area contributed by atoms with E-state index < -0.39 is 0 Å². The second-order valence-electron chi connectivity index (χ2n) is 6.54. The molecule has 0 unspecified atom stereocenters. The molecule has 0 amide bonds. The van der Waals surface area contributed by atoms with Crippen molar-refractivity contribution < 1.29 is 15.0 Å². The zero-order valence-electron chi connectivity index (χ0n) is 13.1. The summed E-state index contributed by atoms with van der Waals surface area (Å²) in [4.78, 5) is 17.4. The average molecular weight is 312 g/mol. The van der Waals surface area contributed by atoms with E-state index in [1.54, 1.807) is 12.1 Å². The minimum atomic E-state index is -0.128. The predicted octanol–water partition coefficient (Wildman–Crippen LogP) is 2.18. The van der Waals surface area contributed by atoms with Crippen molar-refractivity contribution in [3.63, 3.8) is 0 Å². The van der Waals surface area contributed by atoms with Crippen molar-refractivity contribution in [2.45, 2.75) is 44.6 Å². The van der Waals surface area contributed by atoms with E-state index in [1.807, 2.05) is 6.92 Å². The van der Waals surface area contributed by atoms with Crippen molar-refractivity contribution in [3.05, 3.63) is 34.5 Å². The lowest BCUT2D eigenvalue weighted by Gasteiger charge is -2.38. The molecule has 5 nitrogen and oxygen atoms in total. The van der Waals surface area contributed by atoms with E-state index >= 15 is 0 Å². The van der Waals surface area contributed by atoms with Crippen molar-refractivity contribution in [2.24, 2.45) is 4.99 Å². The number of aryl methyl sites for hydroxylation is 1. The molecule has 0 bridgehead atoms. The maximum Gasteiger partial charge on any atom is 0.205 e. The summed E-state index contributed by atoms with van der Waals surface area (Å²) in [6.45, 7) is 2.68. The Morgan fingerprint density at radius 2 is 2.09 bits per heavy atom. The van der Waals surface area contributed by atoms with Crippen LogP contribution in [0.3, 0.4) is 0 Å². The van der Waals surface area contributed by atoms with Crippen LogP contribution in [0.4, 0.5) is 0 Å². The van der Waals surface area contributed by atoms with Crippen LogP contribution in [0.15, 0.2) is 28.4 Å². The van der Waals surface area contributed by atoms with Crippen LogP contribution in [0.25, 0.3) is 0 Å². The van der Waals surface area contributed by atoms with Gasteiger partial charge in [-0.05, 0) is 42.5 Å². The molecule has 0 radical (unpaired) electrons. The van der Waals surface area contributed by atoms with Crippen LogP contribution < -0.4 is 5.32 Å². The molecule has 2 aliphatic heterocycles. The number of rotatable bonds is 2. The predicted molar refractivity (Wildman–Crippen MR) is 87.0 cm³/mol. The number of nitrogens with one attached hydrogen (secondary N) is 1. The zero-order chi connectivity index (χ0) is 16.1. The molecule has 2 atom stereocenters. The van der Waals surface area contributed by atoms with Gasteiger partial charge in [-0.15, -0.1) is 0 Å². The fourth-order valence-corrected chi connectivity index (χ4v) is 4.06. The van der Waals surface area contributed by atoms with Gasteiger partial charge in [-0.2, -0.15) is 0 Å². The number of nitrogens with zero attached hydrogens (tertiary/aromatic N) is 1. The largest absolute Gasteiger partial charge is 0.504 e. The van der Waals surface area contributed by atoms with E-state index in [0.717, 1.165) is 41.7 Å². The number of hydrogen-bond donors (Lipinski definition) is 3. The molecule has 1 aromatic carbocycles. The Morgan fingerprint density at radius 1 is 1.30 bits per heavy atom. The normalized spacial score (nSPS) is 25.8. The van der Waals surface area contributed by atoms with E-state index in [-0.39, 0.29) is 29.2 Å². The average Bonchev–Trinajstić information content (AvgIpc) is 2.85. The van der Waals surface area contributed by atoms with E-state index in [1.165, 1.54) is 0 Å². The van der Waals surface area contributed by atoms with Crippen LogP contribution in [0, 0.1) is 0 Å². The van der Waals surface area contributed by atoms with Crippen molar-refractivity contribution in [1.82, 2.24) is 5.32 Å². The highest BCUT2D eigenvalue weighted by Crippen LogP contribution is 2.45. The van der Waals surface area contributed by atoms with Crippen molar-refractivity contribution in [2.75, 3.05) is 6.54 Å². The first-order valence-corrected chi connectivity index (χ1v) is 8.23. The topological polar surface area (TPSA) is 81.9 Å². The third-order valence-corrected chi connectivity index (χ3v) is 5.12. The highest BCUT2D eigenvalue weighted by molar-refractivity contribution is 6.48. The van der Waals surface area contributed by atoms with Crippen LogP contribution in [-0.2, 0) is 11.2 Å². The number of aliphatic imine (C=N–C) groups is 1. The fraction of sp³-hybridized carbons (Fsp3) is 0.444. The summed E-state index contributed by atoms with van der Waals surface area (Å²) in [6, 6.07) is 3.43. The molecule has 5 heteroatoms. The number of aromatic hydroxyl groups is 2. The molecule has 4 rings (SSSR count). The van der Waals surface area contributed by atoms with E-state index in [0.29, 0.717) is 18.7 Å². The number of carbonyl (C=O) groups excluding carboxylic acids is 1. The fourth-order valence-electron chi connectivity index (χ4n) is 4.06.